The van der Waals surface area contributed by atoms with Crippen molar-refractivity contribution in [2.45, 2.75) is 116 Å². The van der Waals surface area contributed by atoms with Gasteiger partial charge in [0, 0.05) is 12.5 Å². The van der Waals surface area contributed by atoms with Gasteiger partial charge in [-0.05, 0) is 98.4 Å². The Morgan fingerprint density at radius 3 is 2.29 bits per heavy atom. The first-order chi connectivity index (χ1) is 20.0. The highest BCUT2D eigenvalue weighted by Crippen LogP contribution is 2.42. The van der Waals surface area contributed by atoms with E-state index in [1.165, 1.54) is 56.7 Å². The van der Waals surface area contributed by atoms with Crippen LogP contribution in [0.5, 0.6) is 11.5 Å². The first-order valence-electron chi connectivity index (χ1n) is 16.1. The molecule has 0 amide bonds. The van der Waals surface area contributed by atoms with Crippen LogP contribution in [0.15, 0.2) is 36.4 Å². The number of alkyl halides is 1. The lowest BCUT2D eigenvalue weighted by Gasteiger charge is -2.38. The smallest absolute Gasteiger partial charge is 0.168 e. The number of benzene rings is 2. The Morgan fingerprint density at radius 2 is 1.61 bits per heavy atom. The maximum absolute atomic E-state index is 15.1. The van der Waals surface area contributed by atoms with Crippen LogP contribution in [0, 0.1) is 23.5 Å². The Labute approximate surface area is 245 Å². The van der Waals surface area contributed by atoms with Crippen LogP contribution >= 0.6 is 0 Å². The fourth-order valence-electron chi connectivity index (χ4n) is 6.50. The van der Waals surface area contributed by atoms with Crippen molar-refractivity contribution in [3.63, 3.8) is 0 Å². The lowest BCUT2D eigenvalue weighted by Crippen LogP contribution is -2.32. The molecule has 2 fully saturated rings. The summed E-state index contributed by atoms with van der Waals surface area (Å²) < 4.78 is 61.2. The monoisotopic (exact) mass is 574 g/mol. The number of rotatable bonds is 15. The van der Waals surface area contributed by atoms with E-state index < -0.39 is 12.0 Å². The molecule has 1 heterocycles. The van der Waals surface area contributed by atoms with Gasteiger partial charge < -0.3 is 14.2 Å². The lowest BCUT2D eigenvalue weighted by molar-refractivity contribution is -0.0415. The first kappa shape index (κ1) is 31.7. The normalized spacial score (nSPS) is 23.7. The molecule has 1 saturated carbocycles. The van der Waals surface area contributed by atoms with E-state index in [-0.39, 0.29) is 30.5 Å². The average molecular weight is 575 g/mol. The van der Waals surface area contributed by atoms with Crippen molar-refractivity contribution in [3.05, 3.63) is 59.2 Å². The minimum atomic E-state index is -1.38. The van der Waals surface area contributed by atoms with Crippen molar-refractivity contribution >= 4 is 0 Å². The highest BCUT2D eigenvalue weighted by Gasteiger charge is 2.32. The summed E-state index contributed by atoms with van der Waals surface area (Å²) in [5, 5.41) is 0. The van der Waals surface area contributed by atoms with Crippen LogP contribution in [0.3, 0.4) is 0 Å². The summed E-state index contributed by atoms with van der Waals surface area (Å²) in [7, 11) is 0. The molecule has 3 nitrogen and oxygen atoms in total. The molecule has 1 aliphatic carbocycles. The van der Waals surface area contributed by atoms with Gasteiger partial charge in [0.2, 0.25) is 0 Å². The zero-order valence-corrected chi connectivity index (χ0v) is 25.0. The molecule has 0 radical (unpaired) electrons. The fraction of sp³-hybridized carbons (Fsp3) is 0.657. The molecule has 0 aromatic heterocycles. The van der Waals surface area contributed by atoms with Gasteiger partial charge in [-0.1, -0.05) is 51.7 Å². The standard InChI is InChI=1S/C35H49F3O3/c1-3-5-7-8-30-15-14-28(23-40-30)26-10-12-27(13-11-26)32-17-9-25(21-33(32)37)20-29(36)24-41-35-18-16-31(22-34(35)38)39-19-6-4-2/h9,16-18,21-22,26-30H,3-8,10-15,19-20,23-24H2,1-2H3. The van der Waals surface area contributed by atoms with Crippen molar-refractivity contribution in [2.24, 2.45) is 11.8 Å². The summed E-state index contributed by atoms with van der Waals surface area (Å²) in [6.07, 6.45) is 12.6. The van der Waals surface area contributed by atoms with Crippen LogP contribution in [-0.4, -0.2) is 32.1 Å². The van der Waals surface area contributed by atoms with Crippen LogP contribution < -0.4 is 9.47 Å². The number of halogens is 3. The third-order valence-electron chi connectivity index (χ3n) is 9.03. The van der Waals surface area contributed by atoms with Gasteiger partial charge in [-0.3, -0.25) is 0 Å². The zero-order valence-electron chi connectivity index (χ0n) is 25.0. The Morgan fingerprint density at radius 1 is 0.829 bits per heavy atom. The maximum Gasteiger partial charge on any atom is 0.168 e. The van der Waals surface area contributed by atoms with Crippen LogP contribution in [-0.2, 0) is 11.2 Å². The molecule has 2 aromatic rings. The summed E-state index contributed by atoms with van der Waals surface area (Å²) in [4.78, 5) is 0. The molecule has 228 valence electrons. The Balaban J connectivity index is 1.19. The third kappa shape index (κ3) is 9.66. The predicted molar refractivity (Wildman–Crippen MR) is 159 cm³/mol. The number of hydrogen-bond acceptors (Lipinski definition) is 3. The predicted octanol–water partition coefficient (Wildman–Crippen LogP) is 9.75. The molecule has 0 spiro atoms. The third-order valence-corrected chi connectivity index (χ3v) is 9.03. The molecule has 4 rings (SSSR count). The molecule has 41 heavy (non-hydrogen) atoms. The molecular weight excluding hydrogens is 525 g/mol. The molecule has 1 aliphatic heterocycles. The van der Waals surface area contributed by atoms with E-state index in [0.29, 0.717) is 35.9 Å². The second-order valence-corrected chi connectivity index (χ2v) is 12.2. The van der Waals surface area contributed by atoms with Gasteiger partial charge in [-0.2, -0.15) is 0 Å². The van der Waals surface area contributed by atoms with Crippen LogP contribution in [0.4, 0.5) is 13.2 Å². The Bertz CT molecular complexity index is 1040. The second kappa shape index (κ2) is 16.4. The number of unbranched alkanes of at least 4 members (excludes halogenated alkanes) is 3. The molecule has 2 aliphatic rings. The van der Waals surface area contributed by atoms with Gasteiger partial charge in [0.1, 0.15) is 24.3 Å². The zero-order chi connectivity index (χ0) is 29.0. The summed E-state index contributed by atoms with van der Waals surface area (Å²) in [5.74, 6) is 1.11. The van der Waals surface area contributed by atoms with E-state index in [4.69, 9.17) is 14.2 Å². The van der Waals surface area contributed by atoms with Crippen molar-refractivity contribution in [1.29, 1.82) is 0 Å². The van der Waals surface area contributed by atoms with Gasteiger partial charge in [-0.25, -0.2) is 13.2 Å². The largest absolute Gasteiger partial charge is 0.493 e. The second-order valence-electron chi connectivity index (χ2n) is 12.2. The summed E-state index contributed by atoms with van der Waals surface area (Å²) in [6.45, 7) is 5.40. The van der Waals surface area contributed by atoms with Crippen molar-refractivity contribution in [2.75, 3.05) is 19.8 Å². The van der Waals surface area contributed by atoms with Gasteiger partial charge >= 0.3 is 0 Å². The fourth-order valence-corrected chi connectivity index (χ4v) is 6.50. The van der Waals surface area contributed by atoms with Gasteiger partial charge in [0.15, 0.2) is 11.6 Å². The molecule has 6 heteroatoms. The quantitative estimate of drug-likeness (QED) is 0.198. The SMILES string of the molecule is CCCCCC1CCC(C2CCC(c3ccc(CC(F)COc4ccc(OCCCC)cc4F)cc3F)CC2)CO1. The summed E-state index contributed by atoms with van der Waals surface area (Å²) in [6, 6.07) is 9.46. The van der Waals surface area contributed by atoms with E-state index in [1.54, 1.807) is 6.07 Å². The highest BCUT2D eigenvalue weighted by molar-refractivity contribution is 5.33. The van der Waals surface area contributed by atoms with Crippen LogP contribution in [0.25, 0.3) is 0 Å². The van der Waals surface area contributed by atoms with Crippen molar-refractivity contribution < 1.29 is 27.4 Å². The Kier molecular flexibility index (Phi) is 12.7. The van der Waals surface area contributed by atoms with E-state index >= 15 is 4.39 Å². The molecule has 2 aromatic carbocycles. The van der Waals surface area contributed by atoms with Crippen LogP contribution in [0.1, 0.15) is 108 Å². The minimum Gasteiger partial charge on any atom is -0.493 e. The average Bonchev–Trinajstić information content (AvgIpc) is 2.98. The van der Waals surface area contributed by atoms with Crippen molar-refractivity contribution in [1.82, 2.24) is 0 Å². The van der Waals surface area contributed by atoms with Crippen LogP contribution in [0.2, 0.25) is 0 Å². The Hall–Kier alpha value is -2.21. The topological polar surface area (TPSA) is 27.7 Å². The number of hydrogen-bond donors (Lipinski definition) is 0. The highest BCUT2D eigenvalue weighted by atomic mass is 19.1. The summed E-state index contributed by atoms with van der Waals surface area (Å²) in [5.41, 5.74) is 1.34. The molecule has 0 bridgehead atoms. The minimum absolute atomic E-state index is 0.0146. The van der Waals surface area contributed by atoms with Crippen molar-refractivity contribution in [3.8, 4) is 11.5 Å². The van der Waals surface area contributed by atoms with E-state index in [9.17, 15) is 8.78 Å². The van der Waals surface area contributed by atoms with Gasteiger partial charge in [-0.15, -0.1) is 0 Å². The lowest BCUT2D eigenvalue weighted by atomic mass is 9.72. The molecule has 1 saturated heterocycles. The molecular formula is C35H49F3O3. The first-order valence-corrected chi connectivity index (χ1v) is 16.1. The maximum atomic E-state index is 15.1. The van der Waals surface area contributed by atoms with Gasteiger partial charge in [0.25, 0.3) is 0 Å². The van der Waals surface area contributed by atoms with E-state index in [2.05, 4.69) is 13.8 Å². The molecule has 3 unspecified atom stereocenters. The van der Waals surface area contributed by atoms with E-state index in [1.807, 2.05) is 12.1 Å². The van der Waals surface area contributed by atoms with Gasteiger partial charge in [0.05, 0.1) is 19.3 Å². The number of ether oxygens (including phenoxy) is 3. The molecule has 3 atom stereocenters. The summed E-state index contributed by atoms with van der Waals surface area (Å²) >= 11 is 0. The van der Waals surface area contributed by atoms with E-state index in [0.717, 1.165) is 50.7 Å². The molecule has 0 N–H and O–H groups in total.